The molecule has 3 amide bonds. The molecule has 0 aliphatic carbocycles. The van der Waals surface area contributed by atoms with Crippen LogP contribution < -0.4 is 21.7 Å². The third-order valence-electron chi connectivity index (χ3n) is 4.47. The highest BCUT2D eigenvalue weighted by Crippen LogP contribution is 2.32. The van der Waals surface area contributed by atoms with Crippen molar-refractivity contribution in [3.63, 3.8) is 0 Å². The first-order valence-corrected chi connectivity index (χ1v) is 9.24. The number of pyridine rings is 1. The van der Waals surface area contributed by atoms with E-state index < -0.39 is 6.09 Å². The predicted molar refractivity (Wildman–Crippen MR) is 120 cm³/mol. The first-order valence-electron chi connectivity index (χ1n) is 9.24. The van der Waals surface area contributed by atoms with E-state index in [-0.39, 0.29) is 25.0 Å². The molecule has 1 aromatic heterocycles. The van der Waals surface area contributed by atoms with Crippen molar-refractivity contribution in [1.82, 2.24) is 15.6 Å². The van der Waals surface area contributed by atoms with Gasteiger partial charge in [-0.2, -0.15) is 0 Å². The minimum atomic E-state index is -1.10. The van der Waals surface area contributed by atoms with E-state index in [1.165, 1.54) is 0 Å². The summed E-state index contributed by atoms with van der Waals surface area (Å²) in [5, 5.41) is 18.4. The molecule has 0 radical (unpaired) electrons. The number of carbonyl (C=O) groups excluding carboxylic acids is 1. The topological polar surface area (TPSA) is 129 Å². The second-order valence-corrected chi connectivity index (χ2v) is 6.44. The molecule has 0 aliphatic heterocycles. The van der Waals surface area contributed by atoms with Gasteiger partial charge >= 0.3 is 12.1 Å². The largest absolute Gasteiger partial charge is 0.465 e. The van der Waals surface area contributed by atoms with E-state index in [1.54, 1.807) is 12.3 Å². The second-order valence-electron chi connectivity index (χ2n) is 6.44. The monoisotopic (exact) mass is 429 g/mol. The molecule has 9 heteroatoms. The fourth-order valence-corrected chi connectivity index (χ4v) is 3.13. The maximum absolute atomic E-state index is 11.9. The van der Waals surface area contributed by atoms with Crippen molar-refractivity contribution in [2.45, 2.75) is 20.0 Å². The van der Waals surface area contributed by atoms with Gasteiger partial charge in [-0.25, -0.2) is 14.6 Å². The highest BCUT2D eigenvalue weighted by molar-refractivity contribution is 6.01. The van der Waals surface area contributed by atoms with Crippen molar-refractivity contribution in [1.29, 1.82) is 0 Å². The van der Waals surface area contributed by atoms with Gasteiger partial charge in [0.05, 0.1) is 0 Å². The van der Waals surface area contributed by atoms with Crippen molar-refractivity contribution in [3.05, 3.63) is 59.8 Å². The molecule has 158 valence electrons. The molecule has 6 N–H and O–H groups in total. The standard InChI is InChI=1S/C21H23N5O3.ClH/c1-2-23-20(27)26-19-9-17-16(14-5-3-4-13(8-14)10-22)7-6-15(11-25-21(28)29)18(17)12-24-19;/h3-9,12,25H,2,10-11,22H2,1H3,(H,28,29)(H2,23,24,26,27);1H. The van der Waals surface area contributed by atoms with Crippen LogP contribution in [-0.4, -0.2) is 28.8 Å². The number of nitrogens with one attached hydrogen (secondary N) is 3. The summed E-state index contributed by atoms with van der Waals surface area (Å²) in [6.45, 7) is 2.91. The van der Waals surface area contributed by atoms with Crippen molar-refractivity contribution in [2.24, 2.45) is 5.73 Å². The maximum atomic E-state index is 11.9. The summed E-state index contributed by atoms with van der Waals surface area (Å²) in [4.78, 5) is 27.1. The van der Waals surface area contributed by atoms with E-state index in [9.17, 15) is 9.59 Å². The van der Waals surface area contributed by atoms with Crippen molar-refractivity contribution < 1.29 is 14.7 Å². The van der Waals surface area contributed by atoms with E-state index >= 15 is 0 Å². The zero-order valence-corrected chi connectivity index (χ0v) is 17.3. The molecule has 3 rings (SSSR count). The van der Waals surface area contributed by atoms with Crippen LogP contribution in [0, 0.1) is 0 Å². The van der Waals surface area contributed by atoms with Crippen molar-refractivity contribution in [2.75, 3.05) is 11.9 Å². The number of hydrogen-bond donors (Lipinski definition) is 5. The Balaban J connectivity index is 0.00000320. The number of aromatic nitrogens is 1. The fourth-order valence-electron chi connectivity index (χ4n) is 3.13. The lowest BCUT2D eigenvalue weighted by Gasteiger charge is -2.14. The summed E-state index contributed by atoms with van der Waals surface area (Å²) >= 11 is 0. The molecule has 0 aliphatic rings. The van der Waals surface area contributed by atoms with E-state index in [0.29, 0.717) is 18.9 Å². The maximum Gasteiger partial charge on any atom is 0.404 e. The van der Waals surface area contributed by atoms with Crippen LogP contribution in [0.1, 0.15) is 18.1 Å². The zero-order chi connectivity index (χ0) is 20.8. The number of nitrogens with two attached hydrogens (primary N) is 1. The van der Waals surface area contributed by atoms with Crippen LogP contribution in [0.3, 0.4) is 0 Å². The summed E-state index contributed by atoms with van der Waals surface area (Å²) in [6, 6.07) is 13.2. The van der Waals surface area contributed by atoms with E-state index in [2.05, 4.69) is 20.9 Å². The number of rotatable bonds is 6. The Bertz CT molecular complexity index is 1060. The Kier molecular flexibility index (Phi) is 7.97. The second kappa shape index (κ2) is 10.4. The molecule has 0 spiro atoms. The Morgan fingerprint density at radius 2 is 1.90 bits per heavy atom. The number of halogens is 1. The minimum Gasteiger partial charge on any atom is -0.465 e. The fraction of sp³-hybridized carbons (Fsp3) is 0.190. The van der Waals surface area contributed by atoms with Gasteiger partial charge in [0.25, 0.3) is 0 Å². The summed E-state index contributed by atoms with van der Waals surface area (Å²) < 4.78 is 0. The number of carbonyl (C=O) groups is 2. The highest BCUT2D eigenvalue weighted by Gasteiger charge is 2.12. The van der Waals surface area contributed by atoms with Crippen LogP contribution in [-0.2, 0) is 13.1 Å². The Labute approximate surface area is 180 Å². The van der Waals surface area contributed by atoms with Gasteiger partial charge in [-0.05, 0) is 46.7 Å². The highest BCUT2D eigenvalue weighted by atomic mass is 35.5. The molecule has 0 saturated carbocycles. The molecule has 1 heterocycles. The molecule has 0 unspecified atom stereocenters. The lowest BCUT2D eigenvalue weighted by atomic mass is 9.95. The van der Waals surface area contributed by atoms with Crippen LogP contribution in [0.4, 0.5) is 15.4 Å². The van der Waals surface area contributed by atoms with E-state index in [1.807, 2.05) is 43.3 Å². The van der Waals surface area contributed by atoms with Crippen LogP contribution in [0.25, 0.3) is 21.9 Å². The molecule has 30 heavy (non-hydrogen) atoms. The summed E-state index contributed by atoms with van der Waals surface area (Å²) in [5.41, 5.74) is 9.49. The van der Waals surface area contributed by atoms with Gasteiger partial charge in [-0.1, -0.05) is 30.3 Å². The van der Waals surface area contributed by atoms with Gasteiger partial charge in [-0.15, -0.1) is 12.4 Å². The number of anilines is 1. The molecule has 8 nitrogen and oxygen atoms in total. The summed E-state index contributed by atoms with van der Waals surface area (Å²) in [6.07, 6.45) is 0.548. The lowest BCUT2D eigenvalue weighted by molar-refractivity contribution is 0.194. The van der Waals surface area contributed by atoms with Crippen molar-refractivity contribution in [3.8, 4) is 11.1 Å². The van der Waals surface area contributed by atoms with Crippen LogP contribution in [0.15, 0.2) is 48.7 Å². The average Bonchev–Trinajstić information content (AvgIpc) is 2.72. The van der Waals surface area contributed by atoms with Crippen molar-refractivity contribution >= 4 is 41.1 Å². The van der Waals surface area contributed by atoms with E-state index in [0.717, 1.165) is 33.0 Å². The minimum absolute atomic E-state index is 0. The van der Waals surface area contributed by atoms with E-state index in [4.69, 9.17) is 10.8 Å². The summed E-state index contributed by atoms with van der Waals surface area (Å²) in [7, 11) is 0. The Morgan fingerprint density at radius 3 is 2.60 bits per heavy atom. The molecule has 0 fully saturated rings. The van der Waals surface area contributed by atoms with Gasteiger partial charge in [0.2, 0.25) is 0 Å². The smallest absolute Gasteiger partial charge is 0.404 e. The molecule has 0 bridgehead atoms. The number of hydrogen-bond acceptors (Lipinski definition) is 4. The first-order chi connectivity index (χ1) is 14.0. The summed E-state index contributed by atoms with van der Waals surface area (Å²) in [5.74, 6) is 0.406. The molecule has 3 aromatic rings. The van der Waals surface area contributed by atoms with Gasteiger partial charge in [0.15, 0.2) is 0 Å². The number of fused-ring (bicyclic) bond motifs is 1. The predicted octanol–water partition coefficient (Wildman–Crippen LogP) is 3.69. The number of benzene rings is 2. The molecular weight excluding hydrogens is 406 g/mol. The quantitative estimate of drug-likeness (QED) is 0.408. The third-order valence-corrected chi connectivity index (χ3v) is 4.47. The zero-order valence-electron chi connectivity index (χ0n) is 16.4. The van der Waals surface area contributed by atoms with Gasteiger partial charge < -0.3 is 21.5 Å². The third kappa shape index (κ3) is 5.37. The van der Waals surface area contributed by atoms with Crippen LogP contribution in [0.2, 0.25) is 0 Å². The number of amides is 3. The number of urea groups is 1. The Hall–Kier alpha value is -3.36. The lowest BCUT2D eigenvalue weighted by Crippen LogP contribution is -2.28. The SMILES string of the molecule is CCNC(=O)Nc1cc2c(-c3cccc(CN)c3)ccc(CNC(=O)O)c2cn1.Cl. The first kappa shape index (κ1) is 22.9. The van der Waals surface area contributed by atoms with Crippen LogP contribution >= 0.6 is 12.4 Å². The number of nitrogens with zero attached hydrogens (tertiary/aromatic N) is 1. The van der Waals surface area contributed by atoms with Crippen LogP contribution in [0.5, 0.6) is 0 Å². The number of carboxylic acid groups (broad SMARTS) is 1. The van der Waals surface area contributed by atoms with Gasteiger partial charge in [0, 0.05) is 31.2 Å². The normalized spacial score (nSPS) is 10.2. The molecule has 0 atom stereocenters. The van der Waals surface area contributed by atoms with Gasteiger partial charge in [0.1, 0.15) is 5.82 Å². The molecule has 0 saturated heterocycles. The molecular formula is C21H24ClN5O3. The average molecular weight is 430 g/mol. The van der Waals surface area contributed by atoms with Gasteiger partial charge in [-0.3, -0.25) is 5.32 Å². The Morgan fingerprint density at radius 1 is 1.10 bits per heavy atom. The molecule has 2 aromatic carbocycles.